The van der Waals surface area contributed by atoms with Crippen molar-refractivity contribution in [2.24, 2.45) is 11.7 Å². The van der Waals surface area contributed by atoms with Gasteiger partial charge < -0.3 is 36.9 Å². The van der Waals surface area contributed by atoms with E-state index in [0.717, 1.165) is 10.9 Å². The number of benzene rings is 1. The first-order valence-corrected chi connectivity index (χ1v) is 11.8. The molecule has 5 unspecified atom stereocenters. The lowest BCUT2D eigenvalue weighted by atomic mass is 10.0. The number of amides is 3. The highest BCUT2D eigenvalue weighted by atomic mass is 32.1. The topological polar surface area (TPSA) is 187 Å². The third kappa shape index (κ3) is 7.44. The molecule has 0 aliphatic rings. The van der Waals surface area contributed by atoms with E-state index in [2.05, 4.69) is 33.6 Å². The molecule has 0 saturated heterocycles. The van der Waals surface area contributed by atoms with Crippen LogP contribution in [0.5, 0.6) is 0 Å². The maximum Gasteiger partial charge on any atom is 0.326 e. The number of aliphatic carboxylic acids is 1. The highest BCUT2D eigenvalue weighted by Crippen LogP contribution is 2.19. The summed E-state index contributed by atoms with van der Waals surface area (Å²) in [6, 6.07) is 2.61. The van der Waals surface area contributed by atoms with Crippen molar-refractivity contribution in [2.75, 3.05) is 5.75 Å². The van der Waals surface area contributed by atoms with Crippen molar-refractivity contribution in [3.8, 4) is 0 Å². The number of rotatable bonds is 12. The van der Waals surface area contributed by atoms with Gasteiger partial charge in [-0.05, 0) is 24.5 Å². The van der Waals surface area contributed by atoms with Gasteiger partial charge in [0.25, 0.3) is 0 Å². The lowest BCUT2D eigenvalue weighted by Gasteiger charge is -2.28. The van der Waals surface area contributed by atoms with Crippen molar-refractivity contribution in [3.63, 3.8) is 0 Å². The number of fused-ring (bicyclic) bond motifs is 1. The second kappa shape index (κ2) is 12.6. The van der Waals surface area contributed by atoms with Crippen LogP contribution in [0.2, 0.25) is 0 Å². The van der Waals surface area contributed by atoms with Crippen LogP contribution in [0.4, 0.5) is 0 Å². The van der Waals surface area contributed by atoms with Crippen molar-refractivity contribution in [1.29, 1.82) is 0 Å². The molecular weight excluding hydrogens is 474 g/mol. The Morgan fingerprint density at radius 1 is 1.00 bits per heavy atom. The van der Waals surface area contributed by atoms with Gasteiger partial charge in [0.05, 0.1) is 12.1 Å². The van der Waals surface area contributed by atoms with Gasteiger partial charge in [-0.15, -0.1) is 0 Å². The molecule has 1 aromatic heterocycles. The SMILES string of the molecule is CC(C)C(NC(=O)C(N)CS)C(=O)NC(C(=O)NC(Cc1c[nH]c2ccccc12)C(=O)O)C(C)O. The predicted octanol–water partition coefficient (Wildman–Crippen LogP) is -0.457. The van der Waals surface area contributed by atoms with Crippen LogP contribution in [-0.4, -0.2) is 74.9 Å². The molecule has 11 nitrogen and oxygen atoms in total. The summed E-state index contributed by atoms with van der Waals surface area (Å²) in [7, 11) is 0. The minimum atomic E-state index is -1.45. The summed E-state index contributed by atoms with van der Waals surface area (Å²) >= 11 is 3.97. The summed E-state index contributed by atoms with van der Waals surface area (Å²) in [5, 5.41) is 28.0. The van der Waals surface area contributed by atoms with Crippen LogP contribution < -0.4 is 21.7 Å². The number of carbonyl (C=O) groups excluding carboxylic acids is 3. The fourth-order valence-corrected chi connectivity index (χ4v) is 3.67. The normalized spacial score (nSPS) is 15.6. The lowest BCUT2D eigenvalue weighted by Crippen LogP contribution is -2.61. The Kier molecular flexibility index (Phi) is 10.1. The molecule has 0 saturated carbocycles. The Morgan fingerprint density at radius 2 is 1.60 bits per heavy atom. The monoisotopic (exact) mass is 507 g/mol. The first-order valence-electron chi connectivity index (χ1n) is 11.2. The van der Waals surface area contributed by atoms with Gasteiger partial charge in [-0.3, -0.25) is 14.4 Å². The van der Waals surface area contributed by atoms with E-state index in [0.29, 0.717) is 5.56 Å². The molecule has 2 aromatic rings. The maximum absolute atomic E-state index is 12.9. The van der Waals surface area contributed by atoms with E-state index in [4.69, 9.17) is 5.73 Å². The van der Waals surface area contributed by atoms with Crippen molar-refractivity contribution in [2.45, 2.75) is 57.5 Å². The molecule has 3 amide bonds. The van der Waals surface area contributed by atoms with Gasteiger partial charge in [-0.1, -0.05) is 32.0 Å². The molecule has 0 aliphatic carbocycles. The standard InChI is InChI=1S/C23H33N5O6S/c1-11(2)18(27-20(30)15(24)10-35)21(31)28-19(12(3)29)22(32)26-17(23(33)34)8-13-9-25-16-7-5-4-6-14(13)16/h4-7,9,11-12,15,17-19,25,29,35H,8,10,24H2,1-3H3,(H,26,32)(H,27,30)(H,28,31)(H,33,34). The first-order chi connectivity index (χ1) is 16.5. The molecule has 192 valence electrons. The molecule has 0 bridgehead atoms. The van der Waals surface area contributed by atoms with Gasteiger partial charge in [0, 0.05) is 29.3 Å². The number of H-pyrrole nitrogens is 1. The number of hydrogen-bond acceptors (Lipinski definition) is 7. The Labute approximate surface area is 208 Å². The molecule has 1 heterocycles. The van der Waals surface area contributed by atoms with Gasteiger partial charge in [0.2, 0.25) is 17.7 Å². The Bertz CT molecular complexity index is 1060. The van der Waals surface area contributed by atoms with Gasteiger partial charge in [0.1, 0.15) is 18.1 Å². The van der Waals surface area contributed by atoms with E-state index in [1.165, 1.54) is 6.92 Å². The van der Waals surface area contributed by atoms with Crippen LogP contribution in [0.25, 0.3) is 10.9 Å². The van der Waals surface area contributed by atoms with Crippen molar-refractivity contribution >= 4 is 47.2 Å². The number of aliphatic hydroxyl groups is 1. The number of aliphatic hydroxyl groups excluding tert-OH is 1. The highest BCUT2D eigenvalue weighted by Gasteiger charge is 2.33. The summed E-state index contributed by atoms with van der Waals surface area (Å²) < 4.78 is 0. The van der Waals surface area contributed by atoms with E-state index >= 15 is 0 Å². The van der Waals surface area contributed by atoms with Crippen LogP contribution >= 0.6 is 12.6 Å². The Balaban J connectivity index is 2.15. The second-order valence-electron chi connectivity index (χ2n) is 8.71. The summed E-state index contributed by atoms with van der Waals surface area (Å²) in [6.07, 6.45) is 0.314. The van der Waals surface area contributed by atoms with E-state index in [1.807, 2.05) is 24.3 Å². The molecule has 12 heteroatoms. The number of carboxylic acid groups (broad SMARTS) is 1. The van der Waals surface area contributed by atoms with Gasteiger partial charge >= 0.3 is 5.97 Å². The highest BCUT2D eigenvalue weighted by molar-refractivity contribution is 7.80. The number of nitrogens with two attached hydrogens (primary N) is 1. The molecule has 0 aliphatic heterocycles. The van der Waals surface area contributed by atoms with Crippen LogP contribution in [-0.2, 0) is 25.6 Å². The second-order valence-corrected chi connectivity index (χ2v) is 9.07. The molecule has 0 spiro atoms. The lowest BCUT2D eigenvalue weighted by molar-refractivity contribution is -0.143. The molecule has 0 radical (unpaired) electrons. The fourth-order valence-electron chi connectivity index (χ4n) is 3.51. The summed E-state index contributed by atoms with van der Waals surface area (Å²) in [5.41, 5.74) is 7.17. The summed E-state index contributed by atoms with van der Waals surface area (Å²) in [6.45, 7) is 4.67. The molecule has 8 N–H and O–H groups in total. The number of nitrogens with one attached hydrogen (secondary N) is 4. The molecule has 1 aromatic carbocycles. The largest absolute Gasteiger partial charge is 0.480 e. The van der Waals surface area contributed by atoms with Gasteiger partial charge in [-0.25, -0.2) is 4.79 Å². The smallest absolute Gasteiger partial charge is 0.326 e. The van der Waals surface area contributed by atoms with E-state index in [1.54, 1.807) is 20.0 Å². The zero-order valence-corrected chi connectivity index (χ0v) is 20.7. The van der Waals surface area contributed by atoms with Crippen molar-refractivity contribution < 1.29 is 29.4 Å². The number of aromatic amines is 1. The van der Waals surface area contributed by atoms with Crippen LogP contribution in [0.1, 0.15) is 26.3 Å². The number of para-hydroxylation sites is 1. The maximum atomic E-state index is 12.9. The van der Waals surface area contributed by atoms with Gasteiger partial charge in [0.15, 0.2) is 0 Å². The summed E-state index contributed by atoms with van der Waals surface area (Å²) in [5.74, 6) is -3.74. The molecule has 35 heavy (non-hydrogen) atoms. The van der Waals surface area contributed by atoms with E-state index in [-0.39, 0.29) is 18.1 Å². The third-order valence-electron chi connectivity index (χ3n) is 5.56. The van der Waals surface area contributed by atoms with Crippen LogP contribution in [0.3, 0.4) is 0 Å². The number of carboxylic acids is 1. The number of carbonyl (C=O) groups is 4. The quantitative estimate of drug-likeness (QED) is 0.179. The van der Waals surface area contributed by atoms with E-state index in [9.17, 15) is 29.4 Å². The minimum absolute atomic E-state index is 0.0160. The zero-order valence-electron chi connectivity index (χ0n) is 19.8. The molecular formula is C23H33N5O6S. The average Bonchev–Trinajstić information content (AvgIpc) is 3.21. The molecule has 0 fully saturated rings. The minimum Gasteiger partial charge on any atom is -0.480 e. The fraction of sp³-hybridized carbons (Fsp3) is 0.478. The predicted molar refractivity (Wildman–Crippen MR) is 134 cm³/mol. The first kappa shape index (κ1) is 28.1. The summed E-state index contributed by atoms with van der Waals surface area (Å²) in [4.78, 5) is 52.9. The zero-order chi connectivity index (χ0) is 26.3. The average molecular weight is 508 g/mol. The molecule has 5 atom stereocenters. The number of thiol groups is 1. The Hall–Kier alpha value is -3.09. The number of aromatic nitrogens is 1. The van der Waals surface area contributed by atoms with Gasteiger partial charge in [-0.2, -0.15) is 12.6 Å². The van der Waals surface area contributed by atoms with Crippen molar-refractivity contribution in [3.05, 3.63) is 36.0 Å². The number of hydrogen-bond donors (Lipinski definition) is 8. The Morgan fingerprint density at radius 3 is 2.17 bits per heavy atom. The van der Waals surface area contributed by atoms with E-state index < -0.39 is 54.0 Å². The van der Waals surface area contributed by atoms with Crippen LogP contribution in [0.15, 0.2) is 30.5 Å². The van der Waals surface area contributed by atoms with Crippen molar-refractivity contribution in [1.82, 2.24) is 20.9 Å². The third-order valence-corrected chi connectivity index (χ3v) is 5.95. The van der Waals surface area contributed by atoms with Crippen LogP contribution in [0, 0.1) is 5.92 Å². The molecule has 2 rings (SSSR count).